The van der Waals surface area contributed by atoms with Crippen LogP contribution >= 0.6 is 11.6 Å². The Morgan fingerprint density at radius 3 is 2.62 bits per heavy atom. The van der Waals surface area contributed by atoms with Crippen LogP contribution < -0.4 is 10.5 Å². The summed E-state index contributed by atoms with van der Waals surface area (Å²) in [7, 11) is 1.56. The standard InChI is InChI=1S/C16H17ClFNO2/c1-21-15-5-3-2-4-11(15)12(9-19)16(20)10-6-7-14(18)13(17)8-10/h2-8,12,16,20H,9,19H2,1H3. The lowest BCUT2D eigenvalue weighted by atomic mass is 9.88. The predicted octanol–water partition coefficient (Wildman–Crippen LogP) is 3.26. The molecule has 112 valence electrons. The second kappa shape index (κ2) is 6.89. The molecule has 0 aliphatic heterocycles. The molecule has 2 rings (SSSR count). The summed E-state index contributed by atoms with van der Waals surface area (Å²) in [4.78, 5) is 0. The van der Waals surface area contributed by atoms with E-state index in [0.717, 1.165) is 5.56 Å². The molecule has 0 aromatic heterocycles. The van der Waals surface area contributed by atoms with E-state index in [1.165, 1.54) is 18.2 Å². The van der Waals surface area contributed by atoms with Gasteiger partial charge in [-0.25, -0.2) is 4.39 Å². The molecule has 2 aromatic carbocycles. The summed E-state index contributed by atoms with van der Waals surface area (Å²) in [6, 6.07) is 11.5. The van der Waals surface area contributed by atoms with Crippen LogP contribution in [0.2, 0.25) is 5.02 Å². The normalized spacial score (nSPS) is 13.8. The fraction of sp³-hybridized carbons (Fsp3) is 0.250. The summed E-state index contributed by atoms with van der Waals surface area (Å²) in [5, 5.41) is 10.5. The van der Waals surface area contributed by atoms with Crippen molar-refractivity contribution in [3.63, 3.8) is 0 Å². The van der Waals surface area contributed by atoms with Crippen molar-refractivity contribution < 1.29 is 14.2 Å². The topological polar surface area (TPSA) is 55.5 Å². The zero-order valence-electron chi connectivity index (χ0n) is 11.6. The molecule has 2 aromatic rings. The Balaban J connectivity index is 2.38. The van der Waals surface area contributed by atoms with Crippen molar-refractivity contribution in [3.8, 4) is 5.75 Å². The van der Waals surface area contributed by atoms with Gasteiger partial charge in [0.05, 0.1) is 18.2 Å². The second-order valence-corrected chi connectivity index (χ2v) is 5.11. The highest BCUT2D eigenvalue weighted by Crippen LogP contribution is 2.36. The van der Waals surface area contributed by atoms with Gasteiger partial charge in [0.25, 0.3) is 0 Å². The van der Waals surface area contributed by atoms with Gasteiger partial charge in [-0.05, 0) is 23.8 Å². The van der Waals surface area contributed by atoms with Gasteiger partial charge in [-0.3, -0.25) is 0 Å². The van der Waals surface area contributed by atoms with Crippen molar-refractivity contribution in [2.24, 2.45) is 5.73 Å². The number of methoxy groups -OCH3 is 1. The molecule has 0 bridgehead atoms. The number of halogens is 2. The first-order valence-electron chi connectivity index (χ1n) is 6.54. The maximum absolute atomic E-state index is 13.2. The minimum Gasteiger partial charge on any atom is -0.496 e. The van der Waals surface area contributed by atoms with Crippen molar-refractivity contribution in [1.29, 1.82) is 0 Å². The highest BCUT2D eigenvalue weighted by molar-refractivity contribution is 6.30. The Kier molecular flexibility index (Phi) is 5.17. The Morgan fingerprint density at radius 2 is 2.00 bits per heavy atom. The van der Waals surface area contributed by atoms with Crippen molar-refractivity contribution in [2.45, 2.75) is 12.0 Å². The van der Waals surface area contributed by atoms with Gasteiger partial charge in [0.2, 0.25) is 0 Å². The van der Waals surface area contributed by atoms with Crippen LogP contribution in [-0.2, 0) is 0 Å². The zero-order valence-corrected chi connectivity index (χ0v) is 12.3. The SMILES string of the molecule is COc1ccccc1C(CN)C(O)c1ccc(F)c(Cl)c1. The van der Waals surface area contributed by atoms with Crippen LogP contribution in [0.15, 0.2) is 42.5 Å². The third-order valence-corrected chi connectivity index (χ3v) is 3.75. The molecule has 0 heterocycles. The molecule has 21 heavy (non-hydrogen) atoms. The van der Waals surface area contributed by atoms with Gasteiger partial charge in [-0.15, -0.1) is 0 Å². The van der Waals surface area contributed by atoms with Crippen molar-refractivity contribution in [2.75, 3.05) is 13.7 Å². The Hall–Kier alpha value is -1.62. The van der Waals surface area contributed by atoms with E-state index >= 15 is 0 Å². The van der Waals surface area contributed by atoms with E-state index in [2.05, 4.69) is 0 Å². The van der Waals surface area contributed by atoms with E-state index in [1.54, 1.807) is 7.11 Å². The molecule has 0 saturated carbocycles. The largest absolute Gasteiger partial charge is 0.496 e. The minimum absolute atomic E-state index is 0.0256. The number of para-hydroxylation sites is 1. The monoisotopic (exact) mass is 309 g/mol. The number of benzene rings is 2. The highest BCUT2D eigenvalue weighted by atomic mass is 35.5. The molecule has 0 aliphatic rings. The molecular formula is C16H17ClFNO2. The van der Waals surface area contributed by atoms with Gasteiger partial charge >= 0.3 is 0 Å². The molecule has 0 radical (unpaired) electrons. The Bertz CT molecular complexity index is 621. The number of hydrogen-bond donors (Lipinski definition) is 2. The molecule has 2 atom stereocenters. The lowest BCUT2D eigenvalue weighted by molar-refractivity contribution is 0.146. The minimum atomic E-state index is -0.899. The van der Waals surface area contributed by atoms with Crippen LogP contribution in [0.3, 0.4) is 0 Å². The lowest BCUT2D eigenvalue weighted by Gasteiger charge is -2.24. The fourth-order valence-electron chi connectivity index (χ4n) is 2.33. The fourth-order valence-corrected chi connectivity index (χ4v) is 2.52. The van der Waals surface area contributed by atoms with Gasteiger partial charge in [0.1, 0.15) is 11.6 Å². The number of hydrogen-bond acceptors (Lipinski definition) is 3. The van der Waals surface area contributed by atoms with E-state index in [9.17, 15) is 9.50 Å². The quantitative estimate of drug-likeness (QED) is 0.891. The van der Waals surface area contributed by atoms with Crippen LogP contribution in [0.25, 0.3) is 0 Å². The number of rotatable bonds is 5. The molecule has 3 N–H and O–H groups in total. The van der Waals surface area contributed by atoms with Crippen LogP contribution in [0.4, 0.5) is 4.39 Å². The second-order valence-electron chi connectivity index (χ2n) is 4.70. The molecule has 0 aliphatic carbocycles. The van der Waals surface area contributed by atoms with Crippen LogP contribution in [-0.4, -0.2) is 18.8 Å². The maximum atomic E-state index is 13.2. The van der Waals surface area contributed by atoms with E-state index in [4.69, 9.17) is 22.1 Å². The van der Waals surface area contributed by atoms with E-state index < -0.39 is 11.9 Å². The Labute approximate surface area is 128 Å². The molecule has 0 saturated heterocycles. The first-order chi connectivity index (χ1) is 10.1. The average molecular weight is 310 g/mol. The number of nitrogens with two attached hydrogens (primary N) is 1. The summed E-state index contributed by atoms with van der Waals surface area (Å²) in [6.45, 7) is 0.219. The summed E-state index contributed by atoms with van der Waals surface area (Å²) >= 11 is 5.77. The van der Waals surface area contributed by atoms with Gasteiger partial charge < -0.3 is 15.6 Å². The van der Waals surface area contributed by atoms with E-state index in [-0.39, 0.29) is 17.5 Å². The predicted molar refractivity (Wildman–Crippen MR) is 81.2 cm³/mol. The lowest BCUT2D eigenvalue weighted by Crippen LogP contribution is -2.20. The number of ether oxygens (including phenoxy) is 1. The number of aliphatic hydroxyl groups excluding tert-OH is 1. The molecule has 2 unspecified atom stereocenters. The van der Waals surface area contributed by atoms with Crippen molar-refractivity contribution in [3.05, 3.63) is 64.4 Å². The molecule has 3 nitrogen and oxygen atoms in total. The molecular weight excluding hydrogens is 293 g/mol. The van der Waals surface area contributed by atoms with Gasteiger partial charge in [-0.1, -0.05) is 35.9 Å². The van der Waals surface area contributed by atoms with Gasteiger partial charge in [-0.2, -0.15) is 0 Å². The molecule has 0 fully saturated rings. The highest BCUT2D eigenvalue weighted by Gasteiger charge is 2.24. The number of aliphatic hydroxyl groups is 1. The van der Waals surface area contributed by atoms with Crippen LogP contribution in [0.5, 0.6) is 5.75 Å². The molecule has 5 heteroatoms. The van der Waals surface area contributed by atoms with Gasteiger partial charge in [0.15, 0.2) is 0 Å². The van der Waals surface area contributed by atoms with Crippen LogP contribution in [0, 0.1) is 5.82 Å². The van der Waals surface area contributed by atoms with Gasteiger partial charge in [0, 0.05) is 18.0 Å². The van der Waals surface area contributed by atoms with Crippen molar-refractivity contribution >= 4 is 11.6 Å². The summed E-state index contributed by atoms with van der Waals surface area (Å²) in [6.07, 6.45) is -0.899. The summed E-state index contributed by atoms with van der Waals surface area (Å²) in [5.41, 5.74) is 7.13. The first kappa shape index (κ1) is 15.8. The first-order valence-corrected chi connectivity index (χ1v) is 6.92. The third-order valence-electron chi connectivity index (χ3n) is 3.46. The Morgan fingerprint density at radius 1 is 1.29 bits per heavy atom. The summed E-state index contributed by atoms with van der Waals surface area (Å²) < 4.78 is 18.5. The molecule has 0 amide bonds. The van der Waals surface area contributed by atoms with Crippen LogP contribution in [0.1, 0.15) is 23.1 Å². The maximum Gasteiger partial charge on any atom is 0.141 e. The summed E-state index contributed by atoms with van der Waals surface area (Å²) in [5.74, 6) is -0.239. The third kappa shape index (κ3) is 3.35. The van der Waals surface area contributed by atoms with Crippen molar-refractivity contribution in [1.82, 2.24) is 0 Å². The van der Waals surface area contributed by atoms with E-state index in [1.807, 2.05) is 24.3 Å². The zero-order chi connectivity index (χ0) is 15.4. The van der Waals surface area contributed by atoms with E-state index in [0.29, 0.717) is 11.3 Å². The molecule has 0 spiro atoms. The smallest absolute Gasteiger partial charge is 0.141 e. The average Bonchev–Trinajstić information content (AvgIpc) is 2.51.